The van der Waals surface area contributed by atoms with Crippen LogP contribution in [-0.2, 0) is 22.4 Å². The second kappa shape index (κ2) is 7.45. The Morgan fingerprint density at radius 1 is 1.32 bits per heavy atom. The summed E-state index contributed by atoms with van der Waals surface area (Å²) < 4.78 is 10.5. The Morgan fingerprint density at radius 2 is 2.12 bits per heavy atom. The van der Waals surface area contributed by atoms with E-state index in [1.165, 1.54) is 18.4 Å². The largest absolute Gasteiger partial charge is 0.481 e. The molecule has 3 rings (SSSR count). The summed E-state index contributed by atoms with van der Waals surface area (Å²) in [6.07, 6.45) is 2.05. The number of anilines is 1. The fourth-order valence-electron chi connectivity index (χ4n) is 2.82. The smallest absolute Gasteiger partial charge is 0.341 e. The zero-order chi connectivity index (χ0) is 18.0. The number of ether oxygens (including phenoxy) is 2. The van der Waals surface area contributed by atoms with Crippen LogP contribution in [-0.4, -0.2) is 25.1 Å². The van der Waals surface area contributed by atoms with Gasteiger partial charge in [0.15, 0.2) is 6.10 Å². The van der Waals surface area contributed by atoms with Crippen LogP contribution in [0.15, 0.2) is 24.3 Å². The van der Waals surface area contributed by atoms with E-state index in [1.54, 1.807) is 31.2 Å². The maximum atomic E-state index is 12.5. The van der Waals surface area contributed by atoms with Crippen molar-refractivity contribution in [2.45, 2.75) is 32.3 Å². The molecule has 0 bridgehead atoms. The Bertz CT molecular complexity index is 817. The molecule has 1 aliphatic carbocycles. The van der Waals surface area contributed by atoms with Crippen LogP contribution >= 0.6 is 22.9 Å². The monoisotopic (exact) mass is 379 g/mol. The highest BCUT2D eigenvalue weighted by molar-refractivity contribution is 7.17. The van der Waals surface area contributed by atoms with Gasteiger partial charge in [-0.05, 0) is 49.9 Å². The number of esters is 1. The van der Waals surface area contributed by atoms with E-state index in [0.717, 1.165) is 29.7 Å². The normalized spacial score (nSPS) is 13.9. The van der Waals surface area contributed by atoms with Crippen molar-refractivity contribution in [1.82, 2.24) is 0 Å². The first-order chi connectivity index (χ1) is 12.0. The van der Waals surface area contributed by atoms with E-state index in [1.807, 2.05) is 0 Å². The molecule has 1 aliphatic rings. The molecule has 1 aromatic heterocycles. The number of nitrogens with one attached hydrogen (secondary N) is 1. The summed E-state index contributed by atoms with van der Waals surface area (Å²) in [5.41, 5.74) is 1.47. The molecule has 2 aromatic rings. The third-order valence-corrected chi connectivity index (χ3v) is 5.47. The predicted octanol–water partition coefficient (Wildman–Crippen LogP) is 4.08. The molecule has 1 heterocycles. The second-order valence-corrected chi connectivity index (χ2v) is 7.30. The molecule has 0 spiro atoms. The lowest BCUT2D eigenvalue weighted by molar-refractivity contribution is -0.122. The van der Waals surface area contributed by atoms with E-state index < -0.39 is 12.1 Å². The fourth-order valence-corrected chi connectivity index (χ4v) is 4.28. The number of hydrogen-bond acceptors (Lipinski definition) is 5. The van der Waals surface area contributed by atoms with Crippen LogP contribution < -0.4 is 10.1 Å². The van der Waals surface area contributed by atoms with Crippen LogP contribution in [0.3, 0.4) is 0 Å². The first kappa shape index (κ1) is 17.8. The van der Waals surface area contributed by atoms with Crippen LogP contribution in [0.1, 0.15) is 34.1 Å². The van der Waals surface area contributed by atoms with E-state index in [-0.39, 0.29) is 5.91 Å². The quantitative estimate of drug-likeness (QED) is 0.795. The van der Waals surface area contributed by atoms with Crippen molar-refractivity contribution >= 4 is 39.8 Å². The molecule has 0 aliphatic heterocycles. The second-order valence-electron chi connectivity index (χ2n) is 5.76. The van der Waals surface area contributed by atoms with Gasteiger partial charge in [-0.15, -0.1) is 11.3 Å². The lowest BCUT2D eigenvalue weighted by atomic mass is 10.1. The van der Waals surface area contributed by atoms with Gasteiger partial charge in [-0.2, -0.15) is 0 Å². The van der Waals surface area contributed by atoms with Gasteiger partial charge in [0.25, 0.3) is 5.91 Å². The van der Waals surface area contributed by atoms with Crippen molar-refractivity contribution in [2.24, 2.45) is 0 Å². The number of carbonyl (C=O) groups excluding carboxylic acids is 2. The molecule has 1 atom stereocenters. The molecule has 1 amide bonds. The van der Waals surface area contributed by atoms with Crippen molar-refractivity contribution < 1.29 is 19.1 Å². The van der Waals surface area contributed by atoms with E-state index in [9.17, 15) is 9.59 Å². The number of thiophene rings is 1. The van der Waals surface area contributed by atoms with Gasteiger partial charge in [0.05, 0.1) is 12.7 Å². The van der Waals surface area contributed by atoms with Crippen LogP contribution in [0, 0.1) is 0 Å². The first-order valence-corrected chi connectivity index (χ1v) is 9.15. The highest BCUT2D eigenvalue weighted by Gasteiger charge is 2.29. The minimum Gasteiger partial charge on any atom is -0.481 e. The molecule has 0 saturated carbocycles. The summed E-state index contributed by atoms with van der Waals surface area (Å²) in [5.74, 6) is -0.236. The Balaban J connectivity index is 1.75. The van der Waals surface area contributed by atoms with Crippen LogP contribution in [0.5, 0.6) is 5.75 Å². The van der Waals surface area contributed by atoms with Gasteiger partial charge < -0.3 is 14.8 Å². The average molecular weight is 380 g/mol. The molecule has 0 unspecified atom stereocenters. The zero-order valence-corrected chi connectivity index (χ0v) is 15.5. The summed E-state index contributed by atoms with van der Waals surface area (Å²) in [6, 6.07) is 6.86. The SMILES string of the molecule is COC(=O)c1c(NC(=O)[C@@H](C)Oc2cccc(Cl)c2)sc2c1CCC2. The number of halogens is 1. The highest BCUT2D eigenvalue weighted by Crippen LogP contribution is 2.39. The van der Waals surface area contributed by atoms with Gasteiger partial charge in [0.1, 0.15) is 10.8 Å². The third-order valence-electron chi connectivity index (χ3n) is 4.03. The van der Waals surface area contributed by atoms with E-state index >= 15 is 0 Å². The van der Waals surface area contributed by atoms with Crippen molar-refractivity contribution in [3.63, 3.8) is 0 Å². The first-order valence-electron chi connectivity index (χ1n) is 7.95. The molecule has 0 radical (unpaired) electrons. The molecule has 1 aromatic carbocycles. The van der Waals surface area contributed by atoms with Crippen molar-refractivity contribution in [2.75, 3.05) is 12.4 Å². The summed E-state index contributed by atoms with van der Waals surface area (Å²) in [4.78, 5) is 25.7. The number of fused-ring (bicyclic) bond motifs is 1. The van der Waals surface area contributed by atoms with E-state index in [2.05, 4.69) is 5.32 Å². The van der Waals surface area contributed by atoms with Gasteiger partial charge in [-0.1, -0.05) is 17.7 Å². The molecule has 0 fully saturated rings. The number of amides is 1. The molecule has 0 saturated heterocycles. The van der Waals surface area contributed by atoms with Crippen molar-refractivity contribution in [1.29, 1.82) is 0 Å². The minimum atomic E-state index is -0.735. The molecule has 5 nitrogen and oxygen atoms in total. The van der Waals surface area contributed by atoms with Crippen LogP contribution in [0.4, 0.5) is 5.00 Å². The molecular formula is C18H18ClNO4S. The average Bonchev–Trinajstić information content (AvgIpc) is 3.14. The van der Waals surface area contributed by atoms with Gasteiger partial charge >= 0.3 is 5.97 Å². The van der Waals surface area contributed by atoms with Crippen LogP contribution in [0.2, 0.25) is 5.02 Å². The van der Waals surface area contributed by atoms with Crippen LogP contribution in [0.25, 0.3) is 0 Å². The number of rotatable bonds is 5. The van der Waals surface area contributed by atoms with Gasteiger partial charge in [0.2, 0.25) is 0 Å². The highest BCUT2D eigenvalue weighted by atomic mass is 35.5. The number of aryl methyl sites for hydroxylation is 1. The summed E-state index contributed by atoms with van der Waals surface area (Å²) >= 11 is 7.36. The number of benzene rings is 1. The topological polar surface area (TPSA) is 64.6 Å². The maximum Gasteiger partial charge on any atom is 0.341 e. The van der Waals surface area contributed by atoms with E-state index in [0.29, 0.717) is 21.3 Å². The summed E-state index contributed by atoms with van der Waals surface area (Å²) in [7, 11) is 1.35. The Morgan fingerprint density at radius 3 is 2.84 bits per heavy atom. The standard InChI is InChI=1S/C18H18ClNO4S/c1-10(24-12-6-3-5-11(19)9-12)16(21)20-17-15(18(22)23-2)13-7-4-8-14(13)25-17/h3,5-6,9-10H,4,7-8H2,1-2H3,(H,20,21)/t10-/m1/s1. The van der Waals surface area contributed by atoms with Gasteiger partial charge in [0, 0.05) is 9.90 Å². The lowest BCUT2D eigenvalue weighted by Crippen LogP contribution is -2.30. The number of methoxy groups -OCH3 is 1. The Hall–Kier alpha value is -2.05. The summed E-state index contributed by atoms with van der Waals surface area (Å²) in [5, 5.41) is 3.88. The van der Waals surface area contributed by atoms with E-state index in [4.69, 9.17) is 21.1 Å². The molecular weight excluding hydrogens is 362 g/mol. The number of hydrogen-bond donors (Lipinski definition) is 1. The van der Waals surface area contributed by atoms with Crippen molar-refractivity contribution in [3.05, 3.63) is 45.3 Å². The summed E-state index contributed by atoms with van der Waals surface area (Å²) in [6.45, 7) is 1.65. The van der Waals surface area contributed by atoms with Crippen molar-refractivity contribution in [3.8, 4) is 5.75 Å². The van der Waals surface area contributed by atoms with Gasteiger partial charge in [-0.25, -0.2) is 4.79 Å². The molecule has 7 heteroatoms. The number of carbonyl (C=O) groups is 2. The zero-order valence-electron chi connectivity index (χ0n) is 13.9. The minimum absolute atomic E-state index is 0.329. The maximum absolute atomic E-state index is 12.5. The van der Waals surface area contributed by atoms with Gasteiger partial charge in [-0.3, -0.25) is 4.79 Å². The Labute approximate surface area is 154 Å². The lowest BCUT2D eigenvalue weighted by Gasteiger charge is -2.15. The molecule has 132 valence electrons. The third kappa shape index (κ3) is 3.80. The Kier molecular flexibility index (Phi) is 5.30. The predicted molar refractivity (Wildman–Crippen MR) is 97.9 cm³/mol. The molecule has 25 heavy (non-hydrogen) atoms. The molecule has 1 N–H and O–H groups in total. The fraction of sp³-hybridized carbons (Fsp3) is 0.333.